The number of carbonyl (C=O) groups is 3. The highest BCUT2D eigenvalue weighted by Gasteiger charge is 2.41. The van der Waals surface area contributed by atoms with Crippen LogP contribution in [0.1, 0.15) is 95.2 Å². The Hall–Kier alpha value is -4.89. The average Bonchev–Trinajstić information content (AvgIpc) is 4.07. The Morgan fingerprint density at radius 2 is 1.18 bits per heavy atom. The molecule has 0 spiro atoms. The van der Waals surface area contributed by atoms with Gasteiger partial charge in [-0.05, 0) is 98.6 Å². The Labute approximate surface area is 333 Å². The first kappa shape index (κ1) is 36.7. The Bertz CT molecular complexity index is 2150. The number of ether oxygens (including phenoxy) is 4. The number of hydrogen-bond donors (Lipinski definition) is 4. The first-order valence-corrected chi connectivity index (χ1v) is 21.3. The molecule has 10 rings (SSSR count). The third-order valence-corrected chi connectivity index (χ3v) is 13.9. The van der Waals surface area contributed by atoms with Crippen molar-refractivity contribution in [2.24, 2.45) is 23.7 Å². The predicted octanol–water partition coefficient (Wildman–Crippen LogP) is 7.42. The fourth-order valence-electron chi connectivity index (χ4n) is 9.26. The molecule has 2 aromatic carbocycles. The number of fused-ring (bicyclic) bond motifs is 6. The smallest absolute Gasteiger partial charge is 0.222 e. The van der Waals surface area contributed by atoms with E-state index in [9.17, 15) is 14.4 Å². The zero-order valence-corrected chi connectivity index (χ0v) is 32.9. The average molecular weight is 799 g/mol. The van der Waals surface area contributed by atoms with Gasteiger partial charge in [-0.2, -0.15) is 0 Å². The minimum Gasteiger partial charge on any atom is -0.490 e. The van der Waals surface area contributed by atoms with E-state index < -0.39 is 0 Å². The number of aromatic nitrogens is 2. The summed E-state index contributed by atoms with van der Waals surface area (Å²) in [4.78, 5) is 47.7. The van der Waals surface area contributed by atoms with Crippen LogP contribution in [0, 0.1) is 23.7 Å². The molecule has 2 aromatic heterocycles. The lowest BCUT2D eigenvalue weighted by Gasteiger charge is -2.22. The van der Waals surface area contributed by atoms with Gasteiger partial charge in [-0.1, -0.05) is 35.5 Å². The highest BCUT2D eigenvalue weighted by Crippen LogP contribution is 2.47. The SMILES string of the molecule is CC(=O)Nc1nc(N[C@H]2CC3CCC2C3)sc1C(=O)c1ccc2c(c1)OCCO2.Nc1nc(N[C@H]2CC3CCC2C3)sc1C(=O)c1ccc2c(c1)OCCCO2. The van der Waals surface area contributed by atoms with Gasteiger partial charge in [0.15, 0.2) is 39.1 Å². The third-order valence-electron chi connectivity index (χ3n) is 11.9. The molecule has 15 heteroatoms. The number of rotatable bonds is 9. The standard InChI is InChI=1S/C21H23N3O4S.C20H23N3O3S/c1-11(25)22-20-19(18(26)14-4-5-16-17(10-14)28-7-6-27-16)29-21(24-20)23-15-9-12-2-3-13(15)8-12;21-19-18(27-20(23-19)22-14-9-11-2-3-12(14)8-11)17(24)13-4-5-15-16(10-13)26-7-1-6-25-15/h4-5,10,12-13,15H,2-3,6-9H2,1H3,(H,22,25)(H,23,24);4-5,10-12,14H,1-3,6-9,21H2,(H,22,23)/t12?,13?,15-;11?,12?,14-/m00/s1. The van der Waals surface area contributed by atoms with Gasteiger partial charge < -0.3 is 40.6 Å². The molecule has 13 nitrogen and oxygen atoms in total. The topological polar surface area (TPSA) is 176 Å². The normalized spacial score (nSPS) is 25.2. The summed E-state index contributed by atoms with van der Waals surface area (Å²) >= 11 is 2.65. The number of nitrogen functional groups attached to an aromatic ring is 1. The lowest BCUT2D eigenvalue weighted by molar-refractivity contribution is -0.114. The van der Waals surface area contributed by atoms with E-state index in [1.165, 1.54) is 74.5 Å². The van der Waals surface area contributed by atoms with Crippen LogP contribution < -0.4 is 40.6 Å². The highest BCUT2D eigenvalue weighted by atomic mass is 32.1. The van der Waals surface area contributed by atoms with Crippen LogP contribution in [0.2, 0.25) is 0 Å². The summed E-state index contributed by atoms with van der Waals surface area (Å²) in [6, 6.07) is 11.3. The maximum Gasteiger partial charge on any atom is 0.222 e. The number of ketones is 2. The molecule has 0 saturated heterocycles. The molecule has 4 aromatic rings. The van der Waals surface area contributed by atoms with Crippen molar-refractivity contribution in [1.82, 2.24) is 9.97 Å². The maximum absolute atomic E-state index is 13.2. The van der Waals surface area contributed by atoms with E-state index in [-0.39, 0.29) is 17.5 Å². The monoisotopic (exact) mass is 798 g/mol. The molecule has 4 fully saturated rings. The molecule has 56 heavy (non-hydrogen) atoms. The first-order valence-electron chi connectivity index (χ1n) is 19.7. The number of thiazole rings is 2. The molecule has 6 atom stereocenters. The number of benzene rings is 2. The maximum atomic E-state index is 13.2. The number of carbonyl (C=O) groups excluding carboxylic acids is 3. The van der Waals surface area contributed by atoms with E-state index in [1.807, 2.05) is 0 Å². The van der Waals surface area contributed by atoms with E-state index in [1.54, 1.807) is 36.4 Å². The second-order valence-corrected chi connectivity index (χ2v) is 17.7. The minimum absolute atomic E-state index is 0.123. The first-order chi connectivity index (χ1) is 27.2. The van der Waals surface area contributed by atoms with Gasteiger partial charge in [0.25, 0.3) is 0 Å². The van der Waals surface area contributed by atoms with E-state index in [0.29, 0.717) is 105 Å². The van der Waals surface area contributed by atoms with Crippen molar-refractivity contribution in [3.05, 3.63) is 57.3 Å². The van der Waals surface area contributed by atoms with Crippen LogP contribution >= 0.6 is 22.7 Å². The number of amides is 1. The van der Waals surface area contributed by atoms with Crippen LogP contribution in [0.4, 0.5) is 21.9 Å². The zero-order chi connectivity index (χ0) is 38.3. The van der Waals surface area contributed by atoms with E-state index in [4.69, 9.17) is 24.7 Å². The molecule has 4 aliphatic carbocycles. The van der Waals surface area contributed by atoms with E-state index >= 15 is 0 Å². The summed E-state index contributed by atoms with van der Waals surface area (Å²) in [6.45, 7) is 3.59. The summed E-state index contributed by atoms with van der Waals surface area (Å²) in [5, 5.41) is 11.2. The van der Waals surface area contributed by atoms with Crippen LogP contribution in [-0.4, -0.2) is 66.0 Å². The van der Waals surface area contributed by atoms with Gasteiger partial charge in [0.1, 0.15) is 28.8 Å². The summed E-state index contributed by atoms with van der Waals surface area (Å²) in [7, 11) is 0. The van der Waals surface area contributed by atoms with Crippen molar-refractivity contribution >= 4 is 62.0 Å². The Balaban J connectivity index is 0.000000147. The van der Waals surface area contributed by atoms with Crippen LogP contribution in [0.25, 0.3) is 0 Å². The Morgan fingerprint density at radius 1 is 0.661 bits per heavy atom. The van der Waals surface area contributed by atoms with Gasteiger partial charge in [0.05, 0.1) is 13.2 Å². The van der Waals surface area contributed by atoms with Crippen molar-refractivity contribution in [3.8, 4) is 23.0 Å². The Morgan fingerprint density at radius 3 is 1.73 bits per heavy atom. The molecule has 5 N–H and O–H groups in total. The van der Waals surface area contributed by atoms with Crippen molar-refractivity contribution in [2.75, 3.05) is 48.1 Å². The second kappa shape index (κ2) is 15.6. The zero-order valence-electron chi connectivity index (χ0n) is 31.3. The van der Waals surface area contributed by atoms with Crippen LogP contribution in [0.5, 0.6) is 23.0 Å². The van der Waals surface area contributed by atoms with E-state index in [2.05, 4.69) is 25.9 Å². The molecule has 4 heterocycles. The third kappa shape index (κ3) is 7.62. The van der Waals surface area contributed by atoms with Gasteiger partial charge in [0.2, 0.25) is 17.5 Å². The molecule has 4 unspecified atom stereocenters. The molecule has 4 saturated carbocycles. The van der Waals surface area contributed by atoms with Crippen LogP contribution in [0.15, 0.2) is 36.4 Å². The molecule has 6 aliphatic rings. The quantitative estimate of drug-likeness (QED) is 0.124. The van der Waals surface area contributed by atoms with Gasteiger partial charge in [-0.15, -0.1) is 0 Å². The predicted molar refractivity (Wildman–Crippen MR) is 215 cm³/mol. The minimum atomic E-state index is -0.252. The number of nitrogens with one attached hydrogen (secondary N) is 3. The summed E-state index contributed by atoms with van der Waals surface area (Å²) in [5.41, 5.74) is 7.10. The van der Waals surface area contributed by atoms with Crippen molar-refractivity contribution in [2.45, 2.75) is 76.8 Å². The molecule has 294 valence electrons. The number of nitrogens with zero attached hydrogens (tertiary/aromatic N) is 2. The van der Waals surface area contributed by atoms with Gasteiger partial charge in [-0.3, -0.25) is 14.4 Å². The van der Waals surface area contributed by atoms with Crippen molar-refractivity contribution in [1.29, 1.82) is 0 Å². The Kier molecular flexibility index (Phi) is 10.2. The van der Waals surface area contributed by atoms with Crippen molar-refractivity contribution < 1.29 is 33.3 Å². The summed E-state index contributed by atoms with van der Waals surface area (Å²) < 4.78 is 22.5. The summed E-state index contributed by atoms with van der Waals surface area (Å²) in [5.74, 6) is 5.62. The lowest BCUT2D eigenvalue weighted by Crippen LogP contribution is -2.25. The molecule has 2 aliphatic heterocycles. The van der Waals surface area contributed by atoms with Gasteiger partial charge >= 0.3 is 0 Å². The molecule has 0 radical (unpaired) electrons. The lowest BCUT2D eigenvalue weighted by atomic mass is 9.96. The summed E-state index contributed by atoms with van der Waals surface area (Å²) in [6.07, 6.45) is 11.0. The fourth-order valence-corrected chi connectivity index (χ4v) is 11.1. The highest BCUT2D eigenvalue weighted by molar-refractivity contribution is 7.18. The van der Waals surface area contributed by atoms with Gasteiger partial charge in [0, 0.05) is 36.6 Å². The largest absolute Gasteiger partial charge is 0.490 e. The van der Waals surface area contributed by atoms with Crippen LogP contribution in [-0.2, 0) is 4.79 Å². The molecular weight excluding hydrogens is 753 g/mol. The van der Waals surface area contributed by atoms with Crippen LogP contribution in [0.3, 0.4) is 0 Å². The molecule has 1 amide bonds. The number of anilines is 4. The van der Waals surface area contributed by atoms with Crippen molar-refractivity contribution in [3.63, 3.8) is 0 Å². The van der Waals surface area contributed by atoms with E-state index in [0.717, 1.165) is 35.7 Å². The van der Waals surface area contributed by atoms with Gasteiger partial charge in [-0.25, -0.2) is 9.97 Å². The molecule has 4 bridgehead atoms. The molecular formula is C41H46N6O7S2. The number of hydrogen-bond acceptors (Lipinski definition) is 14. The second-order valence-electron chi connectivity index (χ2n) is 15.7. The number of nitrogens with two attached hydrogens (primary N) is 1. The fraction of sp³-hybridized carbons (Fsp3) is 0.488.